The Morgan fingerprint density at radius 2 is 1.69 bits per heavy atom. The van der Waals surface area contributed by atoms with Gasteiger partial charge in [-0.3, -0.25) is 9.78 Å². The standard InChI is InChI=1S/C27H33N3O5S/c1-21(2)20-30(36(33,34)25-11-9-24(35-3)10-12-25)27(32,19-22-7-5-4-6-8-22)15-18-29-26(31)23-13-16-28-17-14-23/h4-14,16-17,21,32H,15,18-20H2,1-3H3,(H,29,31). The highest BCUT2D eigenvalue weighted by atomic mass is 32.2. The Bertz CT molecular complexity index is 1220. The molecule has 36 heavy (non-hydrogen) atoms. The molecule has 1 aromatic heterocycles. The monoisotopic (exact) mass is 511 g/mol. The van der Waals surface area contributed by atoms with Gasteiger partial charge in [-0.2, -0.15) is 4.31 Å². The Balaban J connectivity index is 1.95. The molecule has 0 saturated carbocycles. The molecule has 1 atom stereocenters. The second kappa shape index (κ2) is 12.1. The lowest BCUT2D eigenvalue weighted by atomic mass is 9.98. The van der Waals surface area contributed by atoms with Crippen LogP contribution in [0.4, 0.5) is 0 Å². The summed E-state index contributed by atoms with van der Waals surface area (Å²) in [7, 11) is -2.59. The highest BCUT2D eigenvalue weighted by Gasteiger charge is 2.43. The van der Waals surface area contributed by atoms with Crippen molar-refractivity contribution in [1.82, 2.24) is 14.6 Å². The number of benzene rings is 2. The van der Waals surface area contributed by atoms with Crippen molar-refractivity contribution in [3.05, 3.63) is 90.3 Å². The smallest absolute Gasteiger partial charge is 0.251 e. The number of hydrogen-bond donors (Lipinski definition) is 2. The van der Waals surface area contributed by atoms with Gasteiger partial charge in [-0.1, -0.05) is 44.2 Å². The molecule has 192 valence electrons. The minimum Gasteiger partial charge on any atom is -0.497 e. The number of nitrogens with zero attached hydrogens (tertiary/aromatic N) is 2. The Morgan fingerprint density at radius 1 is 1.06 bits per heavy atom. The van der Waals surface area contributed by atoms with Gasteiger partial charge in [0, 0.05) is 43.9 Å². The fourth-order valence-corrected chi connectivity index (χ4v) is 5.74. The van der Waals surface area contributed by atoms with Crippen LogP contribution in [0.2, 0.25) is 0 Å². The van der Waals surface area contributed by atoms with E-state index in [1.807, 2.05) is 44.2 Å². The molecule has 0 bridgehead atoms. The molecule has 3 aromatic rings. The molecule has 9 heteroatoms. The van der Waals surface area contributed by atoms with Crippen molar-refractivity contribution < 1.29 is 23.1 Å². The van der Waals surface area contributed by atoms with Gasteiger partial charge in [0.15, 0.2) is 0 Å². The van der Waals surface area contributed by atoms with Crippen LogP contribution in [0.5, 0.6) is 5.75 Å². The summed E-state index contributed by atoms with van der Waals surface area (Å²) in [6, 6.07) is 18.5. The van der Waals surface area contributed by atoms with Crippen LogP contribution in [0, 0.1) is 5.92 Å². The van der Waals surface area contributed by atoms with Crippen LogP contribution >= 0.6 is 0 Å². The van der Waals surface area contributed by atoms with Crippen molar-refractivity contribution >= 4 is 15.9 Å². The van der Waals surface area contributed by atoms with Crippen LogP contribution in [-0.2, 0) is 16.4 Å². The summed E-state index contributed by atoms with van der Waals surface area (Å²) in [6.45, 7) is 3.95. The highest BCUT2D eigenvalue weighted by Crippen LogP contribution is 2.31. The first-order chi connectivity index (χ1) is 17.2. The summed E-state index contributed by atoms with van der Waals surface area (Å²) in [5.74, 6) is 0.141. The molecule has 3 rings (SSSR count). The molecule has 1 amide bonds. The van der Waals surface area contributed by atoms with Gasteiger partial charge in [0.2, 0.25) is 10.0 Å². The van der Waals surface area contributed by atoms with Crippen molar-refractivity contribution in [3.8, 4) is 5.75 Å². The number of carbonyl (C=O) groups is 1. The Hall–Kier alpha value is -3.27. The zero-order valence-electron chi connectivity index (χ0n) is 20.8. The van der Waals surface area contributed by atoms with Crippen LogP contribution in [0.25, 0.3) is 0 Å². The summed E-state index contributed by atoms with van der Waals surface area (Å²) >= 11 is 0. The third-order valence-electron chi connectivity index (χ3n) is 5.73. The van der Waals surface area contributed by atoms with E-state index in [9.17, 15) is 18.3 Å². The molecule has 0 fully saturated rings. The maximum Gasteiger partial charge on any atom is 0.251 e. The lowest BCUT2D eigenvalue weighted by Crippen LogP contribution is -2.55. The summed E-state index contributed by atoms with van der Waals surface area (Å²) in [5.41, 5.74) is -0.587. The molecule has 0 spiro atoms. The van der Waals surface area contributed by atoms with Crippen molar-refractivity contribution in [3.63, 3.8) is 0 Å². The van der Waals surface area contributed by atoms with Crippen molar-refractivity contribution in [2.75, 3.05) is 20.2 Å². The first-order valence-corrected chi connectivity index (χ1v) is 13.2. The van der Waals surface area contributed by atoms with E-state index in [1.165, 1.54) is 31.6 Å². The maximum absolute atomic E-state index is 13.9. The average Bonchev–Trinajstić information content (AvgIpc) is 2.88. The van der Waals surface area contributed by atoms with Gasteiger partial charge in [-0.15, -0.1) is 0 Å². The Labute approximate surface area is 213 Å². The third kappa shape index (κ3) is 6.90. The van der Waals surface area contributed by atoms with Gasteiger partial charge in [0.25, 0.3) is 5.91 Å². The maximum atomic E-state index is 13.9. The van der Waals surface area contributed by atoms with Gasteiger partial charge >= 0.3 is 0 Å². The predicted molar refractivity (Wildman–Crippen MR) is 138 cm³/mol. The predicted octanol–water partition coefficient (Wildman–Crippen LogP) is 3.49. The van der Waals surface area contributed by atoms with Crippen LogP contribution < -0.4 is 10.1 Å². The topological polar surface area (TPSA) is 109 Å². The van der Waals surface area contributed by atoms with Crippen LogP contribution in [0.1, 0.15) is 36.2 Å². The van der Waals surface area contributed by atoms with E-state index < -0.39 is 15.7 Å². The summed E-state index contributed by atoms with van der Waals surface area (Å²) in [6.07, 6.45) is 3.08. The van der Waals surface area contributed by atoms with E-state index in [4.69, 9.17) is 4.74 Å². The molecular weight excluding hydrogens is 478 g/mol. The average molecular weight is 512 g/mol. The molecule has 1 heterocycles. The quantitative estimate of drug-likeness (QED) is 0.361. The number of methoxy groups -OCH3 is 1. The molecule has 0 saturated heterocycles. The normalized spacial score (nSPS) is 13.4. The largest absolute Gasteiger partial charge is 0.497 e. The molecule has 0 radical (unpaired) electrons. The molecule has 0 aliphatic heterocycles. The first kappa shape index (κ1) is 27.3. The zero-order valence-corrected chi connectivity index (χ0v) is 21.6. The number of carbonyl (C=O) groups excluding carboxylic acids is 1. The van der Waals surface area contributed by atoms with Crippen LogP contribution in [0.15, 0.2) is 84.0 Å². The molecule has 0 aliphatic carbocycles. The third-order valence-corrected chi connectivity index (χ3v) is 7.66. The number of pyridine rings is 1. The molecule has 0 aliphatic rings. The van der Waals surface area contributed by atoms with Gasteiger partial charge in [0.1, 0.15) is 11.5 Å². The summed E-state index contributed by atoms with van der Waals surface area (Å²) in [5, 5.41) is 14.8. The van der Waals surface area contributed by atoms with Gasteiger partial charge in [-0.25, -0.2) is 8.42 Å². The second-order valence-electron chi connectivity index (χ2n) is 8.99. The zero-order chi connectivity index (χ0) is 26.2. The van der Waals surface area contributed by atoms with Crippen molar-refractivity contribution in [2.45, 2.75) is 37.3 Å². The Morgan fingerprint density at radius 3 is 2.28 bits per heavy atom. The minimum absolute atomic E-state index is 0.0131. The van der Waals surface area contributed by atoms with Crippen molar-refractivity contribution in [1.29, 1.82) is 0 Å². The molecule has 1 unspecified atom stereocenters. The molecule has 2 N–H and O–H groups in total. The fourth-order valence-electron chi connectivity index (χ4n) is 3.90. The second-order valence-corrected chi connectivity index (χ2v) is 10.9. The number of aromatic nitrogens is 1. The summed E-state index contributed by atoms with van der Waals surface area (Å²) in [4.78, 5) is 16.5. The van der Waals surface area contributed by atoms with Gasteiger partial charge in [-0.05, 0) is 47.9 Å². The van der Waals surface area contributed by atoms with Crippen LogP contribution in [0.3, 0.4) is 0 Å². The SMILES string of the molecule is COc1ccc(S(=O)(=O)N(CC(C)C)C(O)(CCNC(=O)c2ccncc2)Cc2ccccc2)cc1. The fraction of sp³-hybridized carbons (Fsp3) is 0.333. The van der Waals surface area contributed by atoms with Crippen molar-refractivity contribution in [2.24, 2.45) is 5.92 Å². The van der Waals surface area contributed by atoms with E-state index in [-0.39, 0.29) is 42.7 Å². The van der Waals surface area contributed by atoms with E-state index in [2.05, 4.69) is 10.3 Å². The number of aliphatic hydroxyl groups is 1. The minimum atomic E-state index is -4.09. The number of ether oxygens (including phenoxy) is 1. The first-order valence-electron chi connectivity index (χ1n) is 11.8. The van der Waals surface area contributed by atoms with E-state index in [0.29, 0.717) is 11.3 Å². The number of rotatable bonds is 12. The highest BCUT2D eigenvalue weighted by molar-refractivity contribution is 7.89. The van der Waals surface area contributed by atoms with Gasteiger partial charge in [0.05, 0.1) is 12.0 Å². The van der Waals surface area contributed by atoms with E-state index in [1.54, 1.807) is 24.3 Å². The molecular formula is C27H33N3O5S. The number of nitrogens with one attached hydrogen (secondary N) is 1. The summed E-state index contributed by atoms with van der Waals surface area (Å²) < 4.78 is 34.0. The lowest BCUT2D eigenvalue weighted by Gasteiger charge is -2.40. The number of sulfonamides is 1. The Kier molecular flexibility index (Phi) is 9.19. The molecule has 8 nitrogen and oxygen atoms in total. The van der Waals surface area contributed by atoms with Gasteiger partial charge < -0.3 is 15.2 Å². The number of hydrogen-bond acceptors (Lipinski definition) is 6. The van der Waals surface area contributed by atoms with E-state index in [0.717, 1.165) is 9.87 Å². The van der Waals surface area contributed by atoms with E-state index >= 15 is 0 Å². The number of amides is 1. The van der Waals surface area contributed by atoms with Crippen LogP contribution in [-0.4, -0.2) is 54.6 Å². The lowest BCUT2D eigenvalue weighted by molar-refractivity contribution is -0.0700. The molecule has 2 aromatic carbocycles.